The number of nitrogens with zero attached hydrogens (tertiary/aromatic N) is 2. The smallest absolute Gasteiger partial charge is 0.235 e. The third-order valence-corrected chi connectivity index (χ3v) is 5.77. The van der Waals surface area contributed by atoms with Gasteiger partial charge in [-0.2, -0.15) is 0 Å². The molecule has 5 heteroatoms. The van der Waals surface area contributed by atoms with Gasteiger partial charge in [-0.25, -0.2) is 9.37 Å². The zero-order valence-electron chi connectivity index (χ0n) is 16.0. The number of nitrogens with one attached hydrogen (secondary N) is 1. The third-order valence-electron chi connectivity index (χ3n) is 5.77. The Bertz CT molecular complexity index is 1210. The largest absolute Gasteiger partial charge is 0.327 e. The van der Waals surface area contributed by atoms with Crippen LogP contribution in [0, 0.1) is 5.82 Å². The number of carbonyl (C=O) groups excluding carboxylic acids is 1. The lowest BCUT2D eigenvalue weighted by atomic mass is 9.95. The monoisotopic (exact) mass is 385 g/mol. The van der Waals surface area contributed by atoms with Gasteiger partial charge in [0.2, 0.25) is 5.91 Å². The molecule has 29 heavy (non-hydrogen) atoms. The number of aryl methyl sites for hydroxylation is 1. The fraction of sp³-hybridized carbons (Fsp3) is 0.167. The van der Waals surface area contributed by atoms with Gasteiger partial charge < -0.3 is 9.88 Å². The highest BCUT2D eigenvalue weighted by Gasteiger charge is 2.51. The molecule has 0 radical (unpaired) electrons. The van der Waals surface area contributed by atoms with Gasteiger partial charge in [0.1, 0.15) is 11.6 Å². The molecule has 0 saturated heterocycles. The van der Waals surface area contributed by atoms with E-state index in [9.17, 15) is 9.18 Å². The molecule has 1 amide bonds. The number of rotatable bonds is 4. The van der Waals surface area contributed by atoms with Gasteiger partial charge >= 0.3 is 0 Å². The quantitative estimate of drug-likeness (QED) is 0.534. The number of amides is 1. The van der Waals surface area contributed by atoms with Gasteiger partial charge in [0.25, 0.3) is 0 Å². The Morgan fingerprint density at radius 1 is 1.00 bits per heavy atom. The van der Waals surface area contributed by atoms with Crippen molar-refractivity contribution in [2.45, 2.75) is 18.3 Å². The highest BCUT2D eigenvalue weighted by Crippen LogP contribution is 2.49. The Morgan fingerprint density at radius 2 is 1.69 bits per heavy atom. The average Bonchev–Trinajstić information content (AvgIpc) is 3.49. The molecular formula is C24H20FN3O. The molecule has 1 N–H and O–H groups in total. The number of para-hydroxylation sites is 2. The summed E-state index contributed by atoms with van der Waals surface area (Å²) in [4.78, 5) is 17.6. The molecule has 1 heterocycles. The molecule has 1 aliphatic rings. The first kappa shape index (κ1) is 17.6. The Balaban J connectivity index is 1.37. The SMILES string of the molecule is Cn1c(-c2ccc(NC(=O)C3(c4ccc(F)cc4)CC3)cc2)nc2ccccc21. The van der Waals surface area contributed by atoms with E-state index in [0.717, 1.165) is 46.5 Å². The maximum absolute atomic E-state index is 13.2. The molecule has 0 aliphatic heterocycles. The van der Waals surface area contributed by atoms with Crippen LogP contribution in [0.5, 0.6) is 0 Å². The number of fused-ring (bicyclic) bond motifs is 1. The van der Waals surface area contributed by atoms with Crippen LogP contribution in [0.15, 0.2) is 72.8 Å². The van der Waals surface area contributed by atoms with Gasteiger partial charge in [-0.15, -0.1) is 0 Å². The number of benzene rings is 3. The minimum Gasteiger partial charge on any atom is -0.327 e. The van der Waals surface area contributed by atoms with Crippen molar-refractivity contribution >= 4 is 22.6 Å². The van der Waals surface area contributed by atoms with Crippen molar-refractivity contribution in [2.24, 2.45) is 7.05 Å². The first-order valence-electron chi connectivity index (χ1n) is 9.66. The van der Waals surface area contributed by atoms with Crippen molar-refractivity contribution in [3.63, 3.8) is 0 Å². The summed E-state index contributed by atoms with van der Waals surface area (Å²) in [5, 5.41) is 3.02. The fourth-order valence-corrected chi connectivity index (χ4v) is 3.90. The van der Waals surface area contributed by atoms with E-state index in [4.69, 9.17) is 4.98 Å². The molecule has 0 unspecified atom stereocenters. The van der Waals surface area contributed by atoms with E-state index in [1.54, 1.807) is 12.1 Å². The normalized spacial score (nSPS) is 14.7. The van der Waals surface area contributed by atoms with Crippen LogP contribution in [-0.2, 0) is 17.3 Å². The van der Waals surface area contributed by atoms with Gasteiger partial charge in [-0.1, -0.05) is 24.3 Å². The van der Waals surface area contributed by atoms with Crippen molar-refractivity contribution in [1.29, 1.82) is 0 Å². The van der Waals surface area contributed by atoms with E-state index >= 15 is 0 Å². The molecule has 1 aromatic heterocycles. The van der Waals surface area contributed by atoms with Crippen LogP contribution in [0.25, 0.3) is 22.4 Å². The van der Waals surface area contributed by atoms with Crippen LogP contribution >= 0.6 is 0 Å². The molecule has 0 spiro atoms. The average molecular weight is 385 g/mol. The zero-order chi connectivity index (χ0) is 20.0. The molecule has 1 saturated carbocycles. The Morgan fingerprint density at radius 3 is 2.34 bits per heavy atom. The second kappa shape index (κ2) is 6.55. The van der Waals surface area contributed by atoms with E-state index in [-0.39, 0.29) is 11.7 Å². The zero-order valence-corrected chi connectivity index (χ0v) is 16.0. The Labute approximate surface area is 168 Å². The summed E-state index contributed by atoms with van der Waals surface area (Å²) in [5.74, 6) is 0.552. The molecule has 0 atom stereocenters. The predicted octanol–water partition coefficient (Wildman–Crippen LogP) is 5.05. The van der Waals surface area contributed by atoms with Gasteiger partial charge in [-0.3, -0.25) is 4.79 Å². The van der Waals surface area contributed by atoms with Crippen molar-refractivity contribution in [1.82, 2.24) is 9.55 Å². The lowest BCUT2D eigenvalue weighted by Crippen LogP contribution is -2.27. The number of hydrogen-bond donors (Lipinski definition) is 1. The van der Waals surface area contributed by atoms with E-state index in [0.29, 0.717) is 0 Å². The fourth-order valence-electron chi connectivity index (χ4n) is 3.90. The minimum atomic E-state index is -0.538. The Hall–Kier alpha value is -3.47. The number of carbonyl (C=O) groups is 1. The van der Waals surface area contributed by atoms with Crippen LogP contribution in [-0.4, -0.2) is 15.5 Å². The summed E-state index contributed by atoms with van der Waals surface area (Å²) in [6.45, 7) is 0. The minimum absolute atomic E-state index is 0.0420. The highest BCUT2D eigenvalue weighted by atomic mass is 19.1. The maximum atomic E-state index is 13.2. The first-order chi connectivity index (χ1) is 14.1. The lowest BCUT2D eigenvalue weighted by molar-refractivity contribution is -0.118. The molecular weight excluding hydrogens is 365 g/mol. The van der Waals surface area contributed by atoms with Gasteiger partial charge in [0.15, 0.2) is 0 Å². The van der Waals surface area contributed by atoms with Crippen molar-refractivity contribution in [3.8, 4) is 11.4 Å². The molecule has 4 aromatic rings. The van der Waals surface area contributed by atoms with Crippen LogP contribution in [0.1, 0.15) is 18.4 Å². The van der Waals surface area contributed by atoms with Gasteiger partial charge in [0.05, 0.1) is 16.4 Å². The Kier molecular flexibility index (Phi) is 3.98. The maximum Gasteiger partial charge on any atom is 0.235 e. The number of halogens is 1. The molecule has 1 aliphatic carbocycles. The van der Waals surface area contributed by atoms with E-state index in [1.165, 1.54) is 12.1 Å². The van der Waals surface area contributed by atoms with Crippen molar-refractivity contribution in [3.05, 3.63) is 84.2 Å². The second-order valence-electron chi connectivity index (χ2n) is 7.60. The molecule has 4 nitrogen and oxygen atoms in total. The van der Waals surface area contributed by atoms with Gasteiger partial charge in [-0.05, 0) is 66.9 Å². The van der Waals surface area contributed by atoms with E-state index < -0.39 is 5.41 Å². The number of imidazole rings is 1. The predicted molar refractivity (Wildman–Crippen MR) is 112 cm³/mol. The highest BCUT2D eigenvalue weighted by molar-refractivity contribution is 6.01. The summed E-state index contributed by atoms with van der Waals surface area (Å²) in [7, 11) is 2.00. The summed E-state index contributed by atoms with van der Waals surface area (Å²) in [6.07, 6.45) is 1.56. The second-order valence-corrected chi connectivity index (χ2v) is 7.60. The van der Waals surface area contributed by atoms with Crippen molar-refractivity contribution in [2.75, 3.05) is 5.32 Å². The van der Waals surface area contributed by atoms with Crippen LogP contribution in [0.4, 0.5) is 10.1 Å². The molecule has 3 aromatic carbocycles. The summed E-state index contributed by atoms with van der Waals surface area (Å²) in [5.41, 5.74) is 4.09. The summed E-state index contributed by atoms with van der Waals surface area (Å²) < 4.78 is 15.3. The summed E-state index contributed by atoms with van der Waals surface area (Å²) >= 11 is 0. The van der Waals surface area contributed by atoms with E-state index in [1.807, 2.05) is 55.6 Å². The number of hydrogen-bond acceptors (Lipinski definition) is 2. The number of aromatic nitrogens is 2. The van der Waals surface area contributed by atoms with Crippen molar-refractivity contribution < 1.29 is 9.18 Å². The van der Waals surface area contributed by atoms with Gasteiger partial charge in [0, 0.05) is 18.3 Å². The lowest BCUT2D eigenvalue weighted by Gasteiger charge is -2.16. The topological polar surface area (TPSA) is 46.9 Å². The van der Waals surface area contributed by atoms with E-state index in [2.05, 4.69) is 9.88 Å². The molecule has 144 valence electrons. The molecule has 5 rings (SSSR count). The number of anilines is 1. The van der Waals surface area contributed by atoms with Crippen LogP contribution in [0.3, 0.4) is 0 Å². The standard InChI is InChI=1S/C24H20FN3O/c1-28-21-5-3-2-4-20(21)27-22(28)16-6-12-19(13-7-16)26-23(29)24(14-15-24)17-8-10-18(25)11-9-17/h2-13H,14-15H2,1H3,(H,26,29). The van der Waals surface area contributed by atoms with Crippen LogP contribution in [0.2, 0.25) is 0 Å². The summed E-state index contributed by atoms with van der Waals surface area (Å²) in [6, 6.07) is 22.0. The van der Waals surface area contributed by atoms with Crippen LogP contribution < -0.4 is 5.32 Å². The molecule has 1 fully saturated rings. The third kappa shape index (κ3) is 2.99. The first-order valence-corrected chi connectivity index (χ1v) is 9.66. The molecule has 0 bridgehead atoms.